The summed E-state index contributed by atoms with van der Waals surface area (Å²) in [4.78, 5) is 23.9. The Morgan fingerprint density at radius 3 is 2.83 bits per heavy atom. The van der Waals surface area contributed by atoms with Crippen molar-refractivity contribution in [2.24, 2.45) is 17.3 Å². The number of anilines is 2. The molecule has 0 radical (unpaired) electrons. The second-order valence-corrected chi connectivity index (χ2v) is 7.11. The molecule has 0 saturated heterocycles. The fourth-order valence-corrected chi connectivity index (χ4v) is 3.23. The van der Waals surface area contributed by atoms with E-state index in [9.17, 15) is 9.59 Å². The third kappa shape index (κ3) is 2.96. The van der Waals surface area contributed by atoms with Crippen LogP contribution in [-0.4, -0.2) is 18.4 Å². The molecule has 5 nitrogen and oxygen atoms in total. The van der Waals surface area contributed by atoms with Gasteiger partial charge >= 0.3 is 0 Å². The molecule has 2 aliphatic rings. The van der Waals surface area contributed by atoms with Gasteiger partial charge in [-0.15, -0.1) is 0 Å². The van der Waals surface area contributed by atoms with E-state index in [2.05, 4.69) is 44.4 Å². The van der Waals surface area contributed by atoms with Crippen LogP contribution >= 0.6 is 0 Å². The Labute approximate surface area is 136 Å². The van der Waals surface area contributed by atoms with E-state index in [-0.39, 0.29) is 35.7 Å². The first-order valence-electron chi connectivity index (χ1n) is 7.81. The van der Waals surface area contributed by atoms with E-state index in [1.807, 2.05) is 0 Å². The number of carbonyl (C=O) groups is 2. The standard InChI is InChI=1S/C18H22N2O3/c1-10(2)7-12-16(18(12,3)4)17(22)19-11-5-6-14-13(8-11)20-15(21)9-23-14/h5-8,12,16H,9H2,1-4H3,(H,19,22)(H,20,21). The Hall–Kier alpha value is -2.30. The van der Waals surface area contributed by atoms with Gasteiger partial charge in [0.05, 0.1) is 11.6 Å². The van der Waals surface area contributed by atoms with Crippen molar-refractivity contribution < 1.29 is 14.3 Å². The van der Waals surface area contributed by atoms with Crippen LogP contribution in [0.3, 0.4) is 0 Å². The molecule has 3 rings (SSSR count). The van der Waals surface area contributed by atoms with Crippen molar-refractivity contribution >= 4 is 23.2 Å². The molecule has 122 valence electrons. The van der Waals surface area contributed by atoms with Gasteiger partial charge in [0.25, 0.3) is 5.91 Å². The topological polar surface area (TPSA) is 67.4 Å². The summed E-state index contributed by atoms with van der Waals surface area (Å²) in [5.41, 5.74) is 2.47. The summed E-state index contributed by atoms with van der Waals surface area (Å²) in [5.74, 6) is 0.692. The zero-order valence-corrected chi connectivity index (χ0v) is 13.9. The quantitative estimate of drug-likeness (QED) is 0.842. The number of hydrogen-bond acceptors (Lipinski definition) is 3. The van der Waals surface area contributed by atoms with Gasteiger partial charge in [0.15, 0.2) is 6.61 Å². The van der Waals surface area contributed by atoms with Crippen LogP contribution in [0.15, 0.2) is 29.8 Å². The normalized spacial score (nSPS) is 23.9. The van der Waals surface area contributed by atoms with Gasteiger partial charge in [-0.3, -0.25) is 9.59 Å². The van der Waals surface area contributed by atoms with Crippen LogP contribution < -0.4 is 15.4 Å². The number of allylic oxidation sites excluding steroid dienone is 2. The SMILES string of the molecule is CC(C)=CC1C(C(=O)Nc2ccc3c(c2)NC(=O)CO3)C1(C)C. The van der Waals surface area contributed by atoms with E-state index in [1.165, 1.54) is 5.57 Å². The van der Waals surface area contributed by atoms with E-state index in [4.69, 9.17) is 4.74 Å². The van der Waals surface area contributed by atoms with Gasteiger partial charge in [-0.05, 0) is 43.4 Å². The van der Waals surface area contributed by atoms with Crippen molar-refractivity contribution in [2.45, 2.75) is 27.7 Å². The second kappa shape index (κ2) is 5.41. The van der Waals surface area contributed by atoms with E-state index >= 15 is 0 Å². The van der Waals surface area contributed by atoms with Gasteiger partial charge in [0, 0.05) is 5.69 Å². The maximum absolute atomic E-state index is 12.6. The first kappa shape index (κ1) is 15.6. The van der Waals surface area contributed by atoms with Gasteiger partial charge in [-0.1, -0.05) is 25.5 Å². The van der Waals surface area contributed by atoms with Crippen molar-refractivity contribution in [1.82, 2.24) is 0 Å². The number of rotatable bonds is 3. The van der Waals surface area contributed by atoms with Crippen molar-refractivity contribution in [2.75, 3.05) is 17.2 Å². The smallest absolute Gasteiger partial charge is 0.262 e. The van der Waals surface area contributed by atoms with Gasteiger partial charge in [0.1, 0.15) is 5.75 Å². The van der Waals surface area contributed by atoms with E-state index in [1.54, 1.807) is 18.2 Å². The van der Waals surface area contributed by atoms with Crippen LogP contribution in [0.25, 0.3) is 0 Å². The van der Waals surface area contributed by atoms with Crippen LogP contribution in [0.2, 0.25) is 0 Å². The maximum atomic E-state index is 12.6. The average molecular weight is 314 g/mol. The number of amides is 2. The molecule has 2 atom stereocenters. The first-order chi connectivity index (χ1) is 10.8. The molecule has 5 heteroatoms. The monoisotopic (exact) mass is 314 g/mol. The van der Waals surface area contributed by atoms with Gasteiger partial charge < -0.3 is 15.4 Å². The Bertz CT molecular complexity index is 702. The Kier molecular flexibility index (Phi) is 3.66. The predicted molar refractivity (Wildman–Crippen MR) is 89.4 cm³/mol. The number of benzene rings is 1. The van der Waals surface area contributed by atoms with E-state index < -0.39 is 0 Å². The number of nitrogens with one attached hydrogen (secondary N) is 2. The highest BCUT2D eigenvalue weighted by atomic mass is 16.5. The Balaban J connectivity index is 1.73. The molecule has 2 unspecified atom stereocenters. The third-order valence-electron chi connectivity index (χ3n) is 4.59. The Morgan fingerprint density at radius 2 is 2.13 bits per heavy atom. The lowest BCUT2D eigenvalue weighted by atomic mass is 10.1. The molecule has 1 aliphatic heterocycles. The van der Waals surface area contributed by atoms with Crippen molar-refractivity contribution in [3.05, 3.63) is 29.8 Å². The fraction of sp³-hybridized carbons (Fsp3) is 0.444. The number of ether oxygens (including phenoxy) is 1. The fourth-order valence-electron chi connectivity index (χ4n) is 3.23. The number of hydrogen-bond donors (Lipinski definition) is 2. The third-order valence-corrected chi connectivity index (χ3v) is 4.59. The molecule has 0 aromatic heterocycles. The van der Waals surface area contributed by atoms with Crippen LogP contribution in [-0.2, 0) is 9.59 Å². The molecule has 0 spiro atoms. The number of fused-ring (bicyclic) bond motifs is 1. The molecule has 2 amide bonds. The molecular formula is C18H22N2O3. The summed E-state index contributed by atoms with van der Waals surface area (Å²) in [5, 5.41) is 5.70. The molecule has 0 bridgehead atoms. The lowest BCUT2D eigenvalue weighted by Gasteiger charge is -2.18. The molecule has 1 heterocycles. The van der Waals surface area contributed by atoms with Crippen molar-refractivity contribution in [3.63, 3.8) is 0 Å². The van der Waals surface area contributed by atoms with E-state index in [0.717, 1.165) is 0 Å². The van der Waals surface area contributed by atoms with Crippen molar-refractivity contribution in [3.8, 4) is 5.75 Å². The minimum atomic E-state index is -0.187. The van der Waals surface area contributed by atoms with Crippen LogP contribution in [0.5, 0.6) is 5.75 Å². The highest BCUT2D eigenvalue weighted by molar-refractivity contribution is 5.99. The Morgan fingerprint density at radius 1 is 1.39 bits per heavy atom. The lowest BCUT2D eigenvalue weighted by Crippen LogP contribution is -2.25. The summed E-state index contributed by atoms with van der Waals surface area (Å²) in [6.07, 6.45) is 2.17. The second-order valence-electron chi connectivity index (χ2n) is 7.11. The summed E-state index contributed by atoms with van der Waals surface area (Å²) in [7, 11) is 0. The molecule has 1 fully saturated rings. The molecule has 1 aromatic carbocycles. The van der Waals surface area contributed by atoms with Crippen molar-refractivity contribution in [1.29, 1.82) is 0 Å². The summed E-state index contributed by atoms with van der Waals surface area (Å²) in [6, 6.07) is 5.28. The van der Waals surface area contributed by atoms with Crippen LogP contribution in [0.4, 0.5) is 11.4 Å². The summed E-state index contributed by atoms with van der Waals surface area (Å²) >= 11 is 0. The van der Waals surface area contributed by atoms with E-state index in [0.29, 0.717) is 17.1 Å². The molecule has 1 aromatic rings. The number of carbonyl (C=O) groups excluding carboxylic acids is 2. The molecule has 23 heavy (non-hydrogen) atoms. The zero-order valence-electron chi connectivity index (χ0n) is 13.9. The van der Waals surface area contributed by atoms with Crippen LogP contribution in [0.1, 0.15) is 27.7 Å². The summed E-state index contributed by atoms with van der Waals surface area (Å²) < 4.78 is 5.32. The minimum Gasteiger partial charge on any atom is -0.482 e. The first-order valence-corrected chi connectivity index (χ1v) is 7.81. The van der Waals surface area contributed by atoms with Crippen LogP contribution in [0, 0.1) is 17.3 Å². The van der Waals surface area contributed by atoms with Gasteiger partial charge in [-0.2, -0.15) is 0 Å². The zero-order chi connectivity index (χ0) is 16.8. The predicted octanol–water partition coefficient (Wildman–Crippen LogP) is 3.19. The minimum absolute atomic E-state index is 0.0144. The lowest BCUT2D eigenvalue weighted by molar-refractivity contribution is -0.119. The molecule has 2 N–H and O–H groups in total. The molecular weight excluding hydrogens is 292 g/mol. The maximum Gasteiger partial charge on any atom is 0.262 e. The summed E-state index contributed by atoms with van der Waals surface area (Å²) in [6.45, 7) is 8.36. The highest BCUT2D eigenvalue weighted by Gasteiger charge is 2.60. The van der Waals surface area contributed by atoms with Gasteiger partial charge in [-0.25, -0.2) is 0 Å². The highest BCUT2D eigenvalue weighted by Crippen LogP contribution is 2.59. The largest absolute Gasteiger partial charge is 0.482 e. The molecule has 1 aliphatic carbocycles. The van der Waals surface area contributed by atoms with Gasteiger partial charge in [0.2, 0.25) is 5.91 Å². The molecule has 1 saturated carbocycles. The average Bonchev–Trinajstić information content (AvgIpc) is 2.98.